The number of hydrogen-bond donors (Lipinski definition) is 0. The third-order valence-electron chi connectivity index (χ3n) is 4.13. The number of carbonyl (C=O) groups excluding carboxylic acids is 1. The summed E-state index contributed by atoms with van der Waals surface area (Å²) in [4.78, 5) is 12.3. The number of benzene rings is 1. The molecule has 1 aromatic rings. The third-order valence-corrected chi connectivity index (χ3v) is 4.13. The molecule has 1 aliphatic heterocycles. The molecule has 1 heterocycles. The van der Waals surface area contributed by atoms with Gasteiger partial charge < -0.3 is 18.9 Å². The first-order chi connectivity index (χ1) is 12.9. The summed E-state index contributed by atoms with van der Waals surface area (Å²) in [5, 5.41) is 0. The van der Waals surface area contributed by atoms with Crippen molar-refractivity contribution in [3.05, 3.63) is 48.4 Å². The highest BCUT2D eigenvalue weighted by Crippen LogP contribution is 2.40. The molecule has 27 heavy (non-hydrogen) atoms. The number of ether oxygens (including phenoxy) is 4. The van der Waals surface area contributed by atoms with Gasteiger partial charge in [-0.25, -0.2) is 4.79 Å². The van der Waals surface area contributed by atoms with Gasteiger partial charge in [-0.05, 0) is 31.7 Å². The van der Waals surface area contributed by atoms with Gasteiger partial charge in [0.05, 0.1) is 13.2 Å². The van der Waals surface area contributed by atoms with Crippen molar-refractivity contribution in [2.45, 2.75) is 57.3 Å². The van der Waals surface area contributed by atoms with Crippen LogP contribution in [0.4, 0.5) is 13.2 Å². The molecule has 1 atom stereocenters. The predicted molar refractivity (Wildman–Crippen MR) is 90.2 cm³/mol. The molecule has 1 aromatic carbocycles. The molecular weight excluding hydrogens is 365 g/mol. The van der Waals surface area contributed by atoms with E-state index in [-0.39, 0.29) is 19.6 Å². The van der Waals surface area contributed by atoms with Gasteiger partial charge >= 0.3 is 12.1 Å². The van der Waals surface area contributed by atoms with E-state index < -0.39 is 30.5 Å². The molecule has 0 aliphatic carbocycles. The standard InChI is InChI=1S/C19H23F3O5/c1-2-24-17(23)18(19(20,21)22,27-14-15-8-4-3-5-9-15)11-7-6-10-16-25-12-13-26-16/h3-5,8-9,12-13,16H,2,6-7,10-11,14H2,1H3. The Morgan fingerprint density at radius 2 is 1.78 bits per heavy atom. The van der Waals surface area contributed by atoms with E-state index in [9.17, 15) is 18.0 Å². The van der Waals surface area contributed by atoms with E-state index >= 15 is 0 Å². The van der Waals surface area contributed by atoms with Gasteiger partial charge in [-0.1, -0.05) is 30.3 Å². The van der Waals surface area contributed by atoms with Crippen LogP contribution in [0.3, 0.4) is 0 Å². The molecule has 0 amide bonds. The van der Waals surface area contributed by atoms with Gasteiger partial charge in [0.2, 0.25) is 6.29 Å². The van der Waals surface area contributed by atoms with Crippen LogP contribution < -0.4 is 0 Å². The second-order valence-corrected chi connectivity index (χ2v) is 6.04. The van der Waals surface area contributed by atoms with Crippen LogP contribution in [-0.4, -0.2) is 30.6 Å². The fraction of sp³-hybridized carbons (Fsp3) is 0.526. The molecule has 0 fully saturated rings. The quantitative estimate of drug-likeness (QED) is 0.437. The number of hydrogen-bond acceptors (Lipinski definition) is 5. The van der Waals surface area contributed by atoms with E-state index in [0.717, 1.165) is 0 Å². The molecular formula is C19H23F3O5. The number of esters is 1. The Kier molecular flexibility index (Phi) is 7.53. The zero-order valence-corrected chi connectivity index (χ0v) is 15.0. The van der Waals surface area contributed by atoms with Crippen LogP contribution in [0.1, 0.15) is 38.2 Å². The lowest BCUT2D eigenvalue weighted by Crippen LogP contribution is -2.55. The minimum atomic E-state index is -4.91. The number of halogens is 3. The fourth-order valence-electron chi connectivity index (χ4n) is 2.69. The van der Waals surface area contributed by atoms with E-state index in [1.54, 1.807) is 30.3 Å². The number of unbranched alkanes of at least 4 members (excludes halogenated alkanes) is 1. The van der Waals surface area contributed by atoms with Crippen LogP contribution in [0, 0.1) is 0 Å². The molecule has 0 bridgehead atoms. The second kappa shape index (κ2) is 9.64. The van der Waals surface area contributed by atoms with Gasteiger partial charge in [-0.2, -0.15) is 13.2 Å². The van der Waals surface area contributed by atoms with Crippen LogP contribution in [0.25, 0.3) is 0 Å². The van der Waals surface area contributed by atoms with Gasteiger partial charge in [-0.3, -0.25) is 0 Å². The number of alkyl halides is 3. The summed E-state index contributed by atoms with van der Waals surface area (Å²) < 4.78 is 61.8. The summed E-state index contributed by atoms with van der Waals surface area (Å²) in [5.41, 5.74) is -2.47. The van der Waals surface area contributed by atoms with Crippen molar-refractivity contribution < 1.29 is 36.9 Å². The smallest absolute Gasteiger partial charge is 0.428 e. The predicted octanol–water partition coefficient (Wildman–Crippen LogP) is 4.47. The van der Waals surface area contributed by atoms with E-state index in [1.165, 1.54) is 19.4 Å². The summed E-state index contributed by atoms with van der Waals surface area (Å²) in [6, 6.07) is 8.39. The largest absolute Gasteiger partial charge is 0.464 e. The van der Waals surface area contributed by atoms with Gasteiger partial charge in [0, 0.05) is 6.42 Å². The normalized spacial score (nSPS) is 16.4. The molecule has 0 saturated carbocycles. The molecule has 0 spiro atoms. The van der Waals surface area contributed by atoms with E-state index in [4.69, 9.17) is 18.9 Å². The highest BCUT2D eigenvalue weighted by atomic mass is 19.4. The molecule has 0 radical (unpaired) electrons. The molecule has 0 saturated heterocycles. The van der Waals surface area contributed by atoms with Crippen molar-refractivity contribution in [2.75, 3.05) is 6.61 Å². The first kappa shape index (κ1) is 21.1. The molecule has 1 unspecified atom stereocenters. The summed E-state index contributed by atoms with van der Waals surface area (Å²) >= 11 is 0. The van der Waals surface area contributed by atoms with Gasteiger partial charge in [-0.15, -0.1) is 0 Å². The highest BCUT2D eigenvalue weighted by molar-refractivity contribution is 5.80. The maximum absolute atomic E-state index is 13.9. The van der Waals surface area contributed by atoms with Gasteiger partial charge in [0.25, 0.3) is 5.60 Å². The molecule has 0 N–H and O–H groups in total. The minimum Gasteiger partial charge on any atom is -0.464 e. The summed E-state index contributed by atoms with van der Waals surface area (Å²) in [6.45, 7) is 0.941. The molecule has 8 heteroatoms. The summed E-state index contributed by atoms with van der Waals surface area (Å²) in [5.74, 6) is -1.41. The molecule has 1 aliphatic rings. The van der Waals surface area contributed by atoms with Crippen LogP contribution in [-0.2, 0) is 30.3 Å². The lowest BCUT2D eigenvalue weighted by atomic mass is 9.94. The van der Waals surface area contributed by atoms with Crippen molar-refractivity contribution in [1.82, 2.24) is 0 Å². The first-order valence-electron chi connectivity index (χ1n) is 8.77. The Balaban J connectivity index is 2.07. The van der Waals surface area contributed by atoms with E-state index in [2.05, 4.69) is 0 Å². The SMILES string of the molecule is CCOC(=O)C(CCCCC1OC=CO1)(OCc1ccccc1)C(F)(F)F. The van der Waals surface area contributed by atoms with Crippen molar-refractivity contribution in [2.24, 2.45) is 0 Å². The lowest BCUT2D eigenvalue weighted by molar-refractivity contribution is -0.283. The monoisotopic (exact) mass is 388 g/mol. The lowest BCUT2D eigenvalue weighted by Gasteiger charge is -2.33. The topological polar surface area (TPSA) is 54.0 Å². The number of carbonyl (C=O) groups is 1. The average Bonchev–Trinajstić information content (AvgIpc) is 3.14. The van der Waals surface area contributed by atoms with Crippen molar-refractivity contribution in [3.63, 3.8) is 0 Å². The summed E-state index contributed by atoms with van der Waals surface area (Å²) in [6.07, 6.45) is -2.31. The van der Waals surface area contributed by atoms with Crippen molar-refractivity contribution in [3.8, 4) is 0 Å². The maximum atomic E-state index is 13.9. The Hall–Kier alpha value is -2.22. The Labute approximate surface area is 156 Å². The molecule has 150 valence electrons. The maximum Gasteiger partial charge on any atom is 0.428 e. The zero-order valence-electron chi connectivity index (χ0n) is 15.0. The van der Waals surface area contributed by atoms with Crippen molar-refractivity contribution in [1.29, 1.82) is 0 Å². The van der Waals surface area contributed by atoms with Crippen molar-refractivity contribution >= 4 is 5.97 Å². The number of rotatable bonds is 10. The molecule has 5 nitrogen and oxygen atoms in total. The first-order valence-corrected chi connectivity index (χ1v) is 8.77. The summed E-state index contributed by atoms with van der Waals surface area (Å²) in [7, 11) is 0. The van der Waals surface area contributed by atoms with Crippen LogP contribution in [0.5, 0.6) is 0 Å². The zero-order chi connectivity index (χ0) is 19.8. The van der Waals surface area contributed by atoms with Gasteiger partial charge in [0.1, 0.15) is 12.5 Å². The highest BCUT2D eigenvalue weighted by Gasteiger charge is 2.62. The Morgan fingerprint density at radius 1 is 1.11 bits per heavy atom. The Bertz CT molecular complexity index is 610. The van der Waals surface area contributed by atoms with E-state index in [0.29, 0.717) is 18.4 Å². The Morgan fingerprint density at radius 3 is 2.37 bits per heavy atom. The third kappa shape index (κ3) is 5.63. The van der Waals surface area contributed by atoms with Crippen LogP contribution in [0.2, 0.25) is 0 Å². The van der Waals surface area contributed by atoms with E-state index in [1.807, 2.05) is 0 Å². The van der Waals surface area contributed by atoms with Crippen LogP contribution >= 0.6 is 0 Å². The molecule has 0 aromatic heterocycles. The average molecular weight is 388 g/mol. The minimum absolute atomic E-state index is 0.0936. The fourth-order valence-corrected chi connectivity index (χ4v) is 2.69. The second-order valence-electron chi connectivity index (χ2n) is 6.04. The molecule has 2 rings (SSSR count). The van der Waals surface area contributed by atoms with Gasteiger partial charge in [0.15, 0.2) is 0 Å². The van der Waals surface area contributed by atoms with Crippen LogP contribution in [0.15, 0.2) is 42.9 Å².